The molecule has 3 N–H and O–H groups in total. The highest BCUT2D eigenvalue weighted by atomic mass is 16.1. The highest BCUT2D eigenvalue weighted by Crippen LogP contribution is 2.15. The van der Waals surface area contributed by atoms with Gasteiger partial charge in [-0.3, -0.25) is 9.78 Å². The van der Waals surface area contributed by atoms with E-state index in [4.69, 9.17) is 5.73 Å². The first-order chi connectivity index (χ1) is 7.27. The fraction of sp³-hybridized carbons (Fsp3) is 0.0909. The summed E-state index contributed by atoms with van der Waals surface area (Å²) in [4.78, 5) is 15.2. The standard InChI is InChI=1S/C11H11N3O/c12-11(15)9-5-8(6-13-7-9)10-3-1-2-4-14-10/h1-5,7,13H,6H2,(H2,12,15). The number of primary amides is 1. The largest absolute Gasteiger partial charge is 0.386 e. The second kappa shape index (κ2) is 3.96. The minimum Gasteiger partial charge on any atom is -0.386 e. The van der Waals surface area contributed by atoms with Gasteiger partial charge in [0.15, 0.2) is 0 Å². The van der Waals surface area contributed by atoms with Gasteiger partial charge in [0.1, 0.15) is 0 Å². The van der Waals surface area contributed by atoms with Gasteiger partial charge in [-0.1, -0.05) is 6.07 Å². The Kier molecular flexibility index (Phi) is 2.49. The Morgan fingerprint density at radius 1 is 1.47 bits per heavy atom. The van der Waals surface area contributed by atoms with Crippen LogP contribution in [0, 0.1) is 0 Å². The van der Waals surface area contributed by atoms with Crippen molar-refractivity contribution < 1.29 is 4.79 Å². The van der Waals surface area contributed by atoms with Gasteiger partial charge in [-0.05, 0) is 23.8 Å². The number of pyridine rings is 1. The predicted molar refractivity (Wildman–Crippen MR) is 57.5 cm³/mol. The number of carbonyl (C=O) groups excluding carboxylic acids is 1. The zero-order valence-corrected chi connectivity index (χ0v) is 8.10. The lowest BCUT2D eigenvalue weighted by Crippen LogP contribution is -2.21. The zero-order valence-electron chi connectivity index (χ0n) is 8.10. The van der Waals surface area contributed by atoms with E-state index in [1.54, 1.807) is 18.5 Å². The number of rotatable bonds is 2. The minimum absolute atomic E-state index is 0.435. The molecule has 0 aliphatic carbocycles. The average Bonchev–Trinajstić information content (AvgIpc) is 2.30. The molecule has 4 heteroatoms. The third kappa shape index (κ3) is 2.04. The highest BCUT2D eigenvalue weighted by Gasteiger charge is 2.10. The number of carbonyl (C=O) groups is 1. The number of dihydropyridines is 1. The topological polar surface area (TPSA) is 68.0 Å². The number of nitrogens with one attached hydrogen (secondary N) is 1. The number of amides is 1. The van der Waals surface area contributed by atoms with Gasteiger partial charge in [-0.2, -0.15) is 0 Å². The molecule has 1 aliphatic rings. The van der Waals surface area contributed by atoms with Crippen LogP contribution >= 0.6 is 0 Å². The Labute approximate surface area is 87.5 Å². The van der Waals surface area contributed by atoms with E-state index in [1.807, 2.05) is 18.2 Å². The number of nitrogens with zero attached hydrogens (tertiary/aromatic N) is 1. The van der Waals surface area contributed by atoms with Crippen molar-refractivity contribution in [1.29, 1.82) is 0 Å². The number of hydrogen-bond acceptors (Lipinski definition) is 3. The van der Waals surface area contributed by atoms with Crippen LogP contribution in [0.3, 0.4) is 0 Å². The molecule has 1 aromatic rings. The Morgan fingerprint density at radius 2 is 2.33 bits per heavy atom. The summed E-state index contributed by atoms with van der Waals surface area (Å²) in [6, 6.07) is 5.66. The highest BCUT2D eigenvalue weighted by molar-refractivity contribution is 5.97. The third-order valence-corrected chi connectivity index (χ3v) is 2.16. The molecule has 0 spiro atoms. The molecular formula is C11H11N3O. The molecule has 0 radical (unpaired) electrons. The van der Waals surface area contributed by atoms with Gasteiger partial charge in [0, 0.05) is 18.9 Å². The molecule has 0 bridgehead atoms. The summed E-state index contributed by atoms with van der Waals surface area (Å²) in [5.74, 6) is -0.435. The Bertz CT molecular complexity index is 434. The number of aromatic nitrogens is 1. The lowest BCUT2D eigenvalue weighted by Gasteiger charge is -2.13. The monoisotopic (exact) mass is 201 g/mol. The average molecular weight is 201 g/mol. The maximum absolute atomic E-state index is 11.0. The van der Waals surface area contributed by atoms with Crippen molar-refractivity contribution >= 4 is 11.5 Å². The van der Waals surface area contributed by atoms with Crippen LogP contribution in [-0.2, 0) is 4.79 Å². The Hall–Kier alpha value is -2.10. The van der Waals surface area contributed by atoms with E-state index < -0.39 is 5.91 Å². The Balaban J connectivity index is 2.32. The van der Waals surface area contributed by atoms with Crippen LogP contribution < -0.4 is 11.1 Å². The molecule has 1 aliphatic heterocycles. The van der Waals surface area contributed by atoms with E-state index >= 15 is 0 Å². The first-order valence-electron chi connectivity index (χ1n) is 4.63. The summed E-state index contributed by atoms with van der Waals surface area (Å²) in [5.41, 5.74) is 7.49. The molecule has 0 fully saturated rings. The van der Waals surface area contributed by atoms with E-state index in [0.29, 0.717) is 12.1 Å². The fourth-order valence-electron chi connectivity index (χ4n) is 1.41. The Morgan fingerprint density at radius 3 is 3.00 bits per heavy atom. The van der Waals surface area contributed by atoms with Crippen molar-refractivity contribution in [1.82, 2.24) is 10.3 Å². The van der Waals surface area contributed by atoms with E-state index in [0.717, 1.165) is 11.3 Å². The summed E-state index contributed by atoms with van der Waals surface area (Å²) in [7, 11) is 0. The lowest BCUT2D eigenvalue weighted by atomic mass is 10.1. The molecule has 1 aromatic heterocycles. The van der Waals surface area contributed by atoms with Gasteiger partial charge in [0.2, 0.25) is 5.91 Å². The fourth-order valence-corrected chi connectivity index (χ4v) is 1.41. The zero-order chi connectivity index (χ0) is 10.7. The molecule has 15 heavy (non-hydrogen) atoms. The summed E-state index contributed by atoms with van der Waals surface area (Å²) >= 11 is 0. The van der Waals surface area contributed by atoms with Crippen molar-refractivity contribution in [3.05, 3.63) is 47.9 Å². The molecule has 76 valence electrons. The summed E-state index contributed by atoms with van der Waals surface area (Å²) < 4.78 is 0. The van der Waals surface area contributed by atoms with Crippen molar-refractivity contribution in [3.63, 3.8) is 0 Å². The molecule has 0 unspecified atom stereocenters. The van der Waals surface area contributed by atoms with E-state index in [2.05, 4.69) is 10.3 Å². The summed E-state index contributed by atoms with van der Waals surface area (Å²) in [6.45, 7) is 0.661. The second-order valence-electron chi connectivity index (χ2n) is 3.23. The van der Waals surface area contributed by atoms with Crippen LogP contribution in [0.2, 0.25) is 0 Å². The normalized spacial score (nSPS) is 14.9. The summed E-state index contributed by atoms with van der Waals surface area (Å²) in [5, 5.41) is 2.99. The van der Waals surface area contributed by atoms with Gasteiger partial charge < -0.3 is 11.1 Å². The summed E-state index contributed by atoms with van der Waals surface area (Å²) in [6.07, 6.45) is 5.11. The van der Waals surface area contributed by atoms with Gasteiger partial charge >= 0.3 is 0 Å². The molecule has 1 amide bonds. The van der Waals surface area contributed by atoms with Crippen LogP contribution in [0.5, 0.6) is 0 Å². The van der Waals surface area contributed by atoms with Crippen molar-refractivity contribution in [2.75, 3.05) is 6.54 Å². The van der Waals surface area contributed by atoms with E-state index in [1.165, 1.54) is 0 Å². The van der Waals surface area contributed by atoms with E-state index in [-0.39, 0.29) is 0 Å². The van der Waals surface area contributed by atoms with Crippen LogP contribution in [0.4, 0.5) is 0 Å². The van der Waals surface area contributed by atoms with Crippen molar-refractivity contribution in [2.24, 2.45) is 5.73 Å². The molecule has 2 heterocycles. The quantitative estimate of drug-likeness (QED) is 0.729. The van der Waals surface area contributed by atoms with Gasteiger partial charge in [0.25, 0.3) is 0 Å². The molecule has 4 nitrogen and oxygen atoms in total. The van der Waals surface area contributed by atoms with Crippen molar-refractivity contribution in [2.45, 2.75) is 0 Å². The first kappa shape index (κ1) is 9.45. The molecule has 0 atom stereocenters. The minimum atomic E-state index is -0.435. The van der Waals surface area contributed by atoms with Gasteiger partial charge in [-0.15, -0.1) is 0 Å². The first-order valence-corrected chi connectivity index (χ1v) is 4.63. The molecule has 2 rings (SSSR count). The van der Waals surface area contributed by atoms with E-state index in [9.17, 15) is 4.79 Å². The van der Waals surface area contributed by atoms with Gasteiger partial charge in [-0.25, -0.2) is 0 Å². The number of nitrogens with two attached hydrogens (primary N) is 1. The lowest BCUT2D eigenvalue weighted by molar-refractivity contribution is -0.114. The molecule has 0 saturated carbocycles. The third-order valence-electron chi connectivity index (χ3n) is 2.16. The SMILES string of the molecule is NC(=O)C1=CNCC(c2ccccn2)=C1. The van der Waals surface area contributed by atoms with Crippen molar-refractivity contribution in [3.8, 4) is 0 Å². The number of hydrogen-bond donors (Lipinski definition) is 2. The predicted octanol–water partition coefficient (Wildman–Crippen LogP) is 0.437. The van der Waals surface area contributed by atoms with Crippen LogP contribution in [0.15, 0.2) is 42.2 Å². The van der Waals surface area contributed by atoms with Gasteiger partial charge in [0.05, 0.1) is 11.3 Å². The maximum Gasteiger partial charge on any atom is 0.250 e. The van der Waals surface area contributed by atoms with Crippen LogP contribution in [0.25, 0.3) is 5.57 Å². The van der Waals surface area contributed by atoms with Crippen LogP contribution in [0.1, 0.15) is 5.69 Å². The van der Waals surface area contributed by atoms with Crippen LogP contribution in [-0.4, -0.2) is 17.4 Å². The molecule has 0 saturated heterocycles. The second-order valence-corrected chi connectivity index (χ2v) is 3.23. The molecular weight excluding hydrogens is 190 g/mol. The molecule has 0 aromatic carbocycles. The smallest absolute Gasteiger partial charge is 0.250 e. The maximum atomic E-state index is 11.0.